The van der Waals surface area contributed by atoms with Crippen LogP contribution < -0.4 is 5.32 Å². The summed E-state index contributed by atoms with van der Waals surface area (Å²) >= 11 is 0. The first kappa shape index (κ1) is 13.5. The van der Waals surface area contributed by atoms with Gasteiger partial charge in [-0.3, -0.25) is 0 Å². The molecule has 18 heavy (non-hydrogen) atoms. The smallest absolute Gasteiger partial charge is 0.130 e. The number of nitrogens with one attached hydrogen (secondary N) is 1. The van der Waals surface area contributed by atoms with Crippen LogP contribution in [0.1, 0.15) is 44.7 Å². The summed E-state index contributed by atoms with van der Waals surface area (Å²) in [5.41, 5.74) is 0.544. The van der Waals surface area contributed by atoms with Crippen molar-refractivity contribution in [1.29, 1.82) is 0 Å². The fraction of sp³-hybridized carbons (Fsp3) is 0.600. The van der Waals surface area contributed by atoms with E-state index in [4.69, 9.17) is 0 Å². The lowest BCUT2D eigenvalue weighted by Crippen LogP contribution is -2.25. The van der Waals surface area contributed by atoms with E-state index in [1.807, 2.05) is 6.92 Å². The summed E-state index contributed by atoms with van der Waals surface area (Å²) in [6.45, 7) is 5.13. The Hall–Kier alpha value is -0.960. The summed E-state index contributed by atoms with van der Waals surface area (Å²) in [5, 5.41) is 3.36. The quantitative estimate of drug-likeness (QED) is 0.853. The molecule has 3 unspecified atom stereocenters. The van der Waals surface area contributed by atoms with Crippen molar-refractivity contribution in [2.45, 2.75) is 39.2 Å². The van der Waals surface area contributed by atoms with Gasteiger partial charge in [-0.05, 0) is 44.2 Å². The molecule has 0 spiro atoms. The third kappa shape index (κ3) is 3.29. The first-order valence-electron chi connectivity index (χ1n) is 6.74. The molecule has 0 heterocycles. The molecule has 1 aliphatic carbocycles. The zero-order valence-corrected chi connectivity index (χ0v) is 11.0. The minimum atomic E-state index is -0.520. The number of hydrogen-bond acceptors (Lipinski definition) is 1. The average Bonchev–Trinajstić information content (AvgIpc) is 2.72. The molecule has 1 fully saturated rings. The maximum Gasteiger partial charge on any atom is 0.130 e. The van der Waals surface area contributed by atoms with Gasteiger partial charge in [-0.15, -0.1) is 0 Å². The van der Waals surface area contributed by atoms with Crippen molar-refractivity contribution in [1.82, 2.24) is 5.32 Å². The molecule has 0 aromatic heterocycles. The summed E-state index contributed by atoms with van der Waals surface area (Å²) in [4.78, 5) is 0. The molecular formula is C15H21F2N. The van der Waals surface area contributed by atoms with Crippen LogP contribution >= 0.6 is 0 Å². The maximum absolute atomic E-state index is 13.6. The number of rotatable bonds is 4. The fourth-order valence-electron chi connectivity index (χ4n) is 2.82. The van der Waals surface area contributed by atoms with Crippen molar-refractivity contribution in [2.24, 2.45) is 11.8 Å². The Balaban J connectivity index is 1.89. The van der Waals surface area contributed by atoms with Crippen LogP contribution in [0.25, 0.3) is 0 Å². The van der Waals surface area contributed by atoms with Gasteiger partial charge in [0.15, 0.2) is 0 Å². The van der Waals surface area contributed by atoms with Gasteiger partial charge in [0, 0.05) is 17.7 Å². The van der Waals surface area contributed by atoms with Crippen LogP contribution in [0.4, 0.5) is 8.78 Å². The van der Waals surface area contributed by atoms with Gasteiger partial charge in [-0.2, -0.15) is 0 Å². The van der Waals surface area contributed by atoms with Crippen LogP contribution in [0.15, 0.2) is 18.2 Å². The minimum absolute atomic E-state index is 0.0680. The van der Waals surface area contributed by atoms with Crippen molar-refractivity contribution < 1.29 is 8.78 Å². The van der Waals surface area contributed by atoms with Crippen LogP contribution in [0.2, 0.25) is 0 Å². The Labute approximate surface area is 108 Å². The Morgan fingerprint density at radius 3 is 2.72 bits per heavy atom. The highest BCUT2D eigenvalue weighted by atomic mass is 19.1. The summed E-state index contributed by atoms with van der Waals surface area (Å²) in [5.74, 6) is 0.531. The van der Waals surface area contributed by atoms with Crippen LogP contribution in [-0.2, 0) is 0 Å². The molecule has 0 aliphatic heterocycles. The lowest BCUT2D eigenvalue weighted by molar-refractivity contribution is 0.431. The summed E-state index contributed by atoms with van der Waals surface area (Å²) < 4.78 is 26.4. The summed E-state index contributed by atoms with van der Waals surface area (Å²) in [7, 11) is 0. The standard InChI is InChI=1S/C15H21F2N/c1-10-3-4-12(7-10)9-18-11(2)14-6-5-13(16)8-15(14)17/h5-6,8,10-12,18H,3-4,7,9H2,1-2H3. The Bertz CT molecular complexity index is 405. The van der Waals surface area contributed by atoms with Crippen molar-refractivity contribution in [3.05, 3.63) is 35.4 Å². The molecule has 0 radical (unpaired) electrons. The van der Waals surface area contributed by atoms with Gasteiger partial charge >= 0.3 is 0 Å². The largest absolute Gasteiger partial charge is 0.310 e. The van der Waals surface area contributed by atoms with Crippen molar-refractivity contribution in [2.75, 3.05) is 6.54 Å². The van der Waals surface area contributed by atoms with E-state index in [0.717, 1.165) is 18.5 Å². The second-order valence-electron chi connectivity index (χ2n) is 5.58. The van der Waals surface area contributed by atoms with Crippen LogP contribution in [0, 0.1) is 23.5 Å². The Morgan fingerprint density at radius 1 is 1.33 bits per heavy atom. The van der Waals surface area contributed by atoms with Gasteiger partial charge in [-0.1, -0.05) is 19.4 Å². The van der Waals surface area contributed by atoms with E-state index in [0.29, 0.717) is 11.5 Å². The molecule has 1 aromatic rings. The SMILES string of the molecule is CC1CCC(CNC(C)c2ccc(F)cc2F)C1. The molecule has 0 amide bonds. The van der Waals surface area contributed by atoms with Crippen molar-refractivity contribution in [3.8, 4) is 0 Å². The molecule has 3 heteroatoms. The first-order chi connectivity index (χ1) is 8.56. The van der Waals surface area contributed by atoms with E-state index in [2.05, 4.69) is 12.2 Å². The molecule has 0 bridgehead atoms. The topological polar surface area (TPSA) is 12.0 Å². The number of halogens is 2. The highest BCUT2D eigenvalue weighted by Gasteiger charge is 2.22. The molecule has 1 N–H and O–H groups in total. The molecule has 1 aromatic carbocycles. The second kappa shape index (κ2) is 5.79. The highest BCUT2D eigenvalue weighted by Crippen LogP contribution is 2.30. The third-order valence-corrected chi connectivity index (χ3v) is 3.95. The molecule has 2 rings (SSSR count). The first-order valence-corrected chi connectivity index (χ1v) is 6.74. The predicted molar refractivity (Wildman–Crippen MR) is 69.3 cm³/mol. The van der Waals surface area contributed by atoms with E-state index in [9.17, 15) is 8.78 Å². The van der Waals surface area contributed by atoms with Crippen LogP contribution in [0.5, 0.6) is 0 Å². The number of benzene rings is 1. The average molecular weight is 253 g/mol. The zero-order chi connectivity index (χ0) is 13.1. The normalized spacial score (nSPS) is 25.3. The van der Waals surface area contributed by atoms with Crippen molar-refractivity contribution in [3.63, 3.8) is 0 Å². The Morgan fingerprint density at radius 2 is 2.11 bits per heavy atom. The maximum atomic E-state index is 13.6. The summed E-state index contributed by atoms with van der Waals surface area (Å²) in [6.07, 6.45) is 3.81. The van der Waals surface area contributed by atoms with Gasteiger partial charge in [0.25, 0.3) is 0 Å². The van der Waals surface area contributed by atoms with Gasteiger partial charge in [0.1, 0.15) is 11.6 Å². The van der Waals surface area contributed by atoms with E-state index in [1.54, 1.807) is 0 Å². The van der Waals surface area contributed by atoms with E-state index in [-0.39, 0.29) is 6.04 Å². The van der Waals surface area contributed by atoms with E-state index < -0.39 is 11.6 Å². The third-order valence-electron chi connectivity index (χ3n) is 3.95. The molecule has 100 valence electrons. The van der Waals surface area contributed by atoms with Gasteiger partial charge in [-0.25, -0.2) is 8.78 Å². The zero-order valence-electron chi connectivity index (χ0n) is 11.0. The van der Waals surface area contributed by atoms with E-state index in [1.165, 1.54) is 31.4 Å². The molecular weight excluding hydrogens is 232 g/mol. The lowest BCUT2D eigenvalue weighted by atomic mass is 10.0. The predicted octanol–water partition coefficient (Wildman–Crippen LogP) is 4.05. The molecule has 1 aliphatic rings. The van der Waals surface area contributed by atoms with Crippen LogP contribution in [0.3, 0.4) is 0 Å². The van der Waals surface area contributed by atoms with Gasteiger partial charge < -0.3 is 5.32 Å². The second-order valence-corrected chi connectivity index (χ2v) is 5.58. The number of hydrogen-bond donors (Lipinski definition) is 1. The van der Waals surface area contributed by atoms with Crippen molar-refractivity contribution >= 4 is 0 Å². The monoisotopic (exact) mass is 253 g/mol. The molecule has 0 saturated heterocycles. The molecule has 3 atom stereocenters. The summed E-state index contributed by atoms with van der Waals surface area (Å²) in [6, 6.07) is 3.72. The Kier molecular flexibility index (Phi) is 4.33. The lowest BCUT2D eigenvalue weighted by Gasteiger charge is -2.18. The molecule has 1 saturated carbocycles. The van der Waals surface area contributed by atoms with E-state index >= 15 is 0 Å². The van der Waals surface area contributed by atoms with Gasteiger partial charge in [0.05, 0.1) is 0 Å². The highest BCUT2D eigenvalue weighted by molar-refractivity contribution is 5.21. The van der Waals surface area contributed by atoms with Gasteiger partial charge in [0.2, 0.25) is 0 Å². The molecule has 1 nitrogen and oxygen atoms in total. The van der Waals surface area contributed by atoms with Crippen LogP contribution in [-0.4, -0.2) is 6.54 Å². The minimum Gasteiger partial charge on any atom is -0.310 e. The fourth-order valence-corrected chi connectivity index (χ4v) is 2.82.